The predicted octanol–water partition coefficient (Wildman–Crippen LogP) is 3.76. The van der Waals surface area contributed by atoms with Crippen molar-refractivity contribution in [1.29, 1.82) is 0 Å². The van der Waals surface area contributed by atoms with E-state index in [4.69, 9.17) is 11.6 Å². The number of aryl methyl sites for hydroxylation is 2. The molecule has 28 heavy (non-hydrogen) atoms. The minimum atomic E-state index is -0.886. The van der Waals surface area contributed by atoms with Crippen LogP contribution in [0.1, 0.15) is 28.8 Å². The summed E-state index contributed by atoms with van der Waals surface area (Å²) in [6.07, 6.45) is 2.83. The first-order valence-electron chi connectivity index (χ1n) is 9.49. The van der Waals surface area contributed by atoms with Gasteiger partial charge in [-0.2, -0.15) is 0 Å². The Morgan fingerprint density at radius 1 is 1.29 bits per heavy atom. The summed E-state index contributed by atoms with van der Waals surface area (Å²) >= 11 is 7.62. The number of piperidine rings is 1. The highest BCUT2D eigenvalue weighted by atomic mass is 35.5. The largest absolute Gasteiger partial charge is 0.388 e. The molecule has 2 aromatic heterocycles. The van der Waals surface area contributed by atoms with Gasteiger partial charge in [-0.1, -0.05) is 23.7 Å². The fourth-order valence-corrected chi connectivity index (χ4v) is 5.08. The zero-order chi connectivity index (χ0) is 19.9. The lowest BCUT2D eigenvalue weighted by Gasteiger charge is -2.38. The molecule has 0 amide bonds. The van der Waals surface area contributed by atoms with Gasteiger partial charge < -0.3 is 5.11 Å². The summed E-state index contributed by atoms with van der Waals surface area (Å²) in [5.74, 6) is 0. The van der Waals surface area contributed by atoms with Gasteiger partial charge in [0.05, 0.1) is 23.9 Å². The first-order chi connectivity index (χ1) is 13.3. The van der Waals surface area contributed by atoms with Gasteiger partial charge in [0.25, 0.3) is 5.56 Å². The number of hydrogen-bond acceptors (Lipinski definition) is 5. The molecule has 1 fully saturated rings. The first-order valence-corrected chi connectivity index (χ1v) is 10.7. The molecule has 4 rings (SSSR count). The van der Waals surface area contributed by atoms with Crippen LogP contribution in [0.2, 0.25) is 5.02 Å². The zero-order valence-corrected chi connectivity index (χ0v) is 17.7. The molecule has 3 aromatic rings. The van der Waals surface area contributed by atoms with Gasteiger partial charge in [0.1, 0.15) is 4.83 Å². The number of nitrogens with zero attached hydrogens (tertiary/aromatic N) is 3. The number of aromatic nitrogens is 2. The van der Waals surface area contributed by atoms with Crippen LogP contribution in [0.3, 0.4) is 0 Å². The number of fused-ring (bicyclic) bond motifs is 1. The maximum atomic E-state index is 12.9. The molecule has 1 aromatic carbocycles. The molecule has 5 nitrogen and oxygen atoms in total. The van der Waals surface area contributed by atoms with Gasteiger partial charge >= 0.3 is 0 Å². The third-order valence-electron chi connectivity index (χ3n) is 5.70. The number of likely N-dealkylation sites (tertiary alicyclic amines) is 1. The average Bonchev–Trinajstić information content (AvgIpc) is 2.95. The second kappa shape index (κ2) is 7.59. The van der Waals surface area contributed by atoms with E-state index in [1.54, 1.807) is 22.2 Å². The fourth-order valence-electron chi connectivity index (χ4n) is 3.88. The molecule has 1 aliphatic rings. The molecule has 0 unspecified atom stereocenters. The van der Waals surface area contributed by atoms with Crippen LogP contribution < -0.4 is 5.56 Å². The van der Waals surface area contributed by atoms with Crippen molar-refractivity contribution in [3.8, 4) is 0 Å². The van der Waals surface area contributed by atoms with Crippen molar-refractivity contribution in [2.75, 3.05) is 13.1 Å². The Labute approximate surface area is 173 Å². The lowest BCUT2D eigenvalue weighted by molar-refractivity contribution is -0.0364. The smallest absolute Gasteiger partial charge is 0.262 e. The number of thiophene rings is 1. The molecule has 0 bridgehead atoms. The zero-order valence-electron chi connectivity index (χ0n) is 16.1. The molecule has 0 radical (unpaired) electrons. The highest BCUT2D eigenvalue weighted by molar-refractivity contribution is 7.18. The summed E-state index contributed by atoms with van der Waals surface area (Å²) in [5.41, 5.74) is 1.23. The van der Waals surface area contributed by atoms with Crippen molar-refractivity contribution < 1.29 is 5.11 Å². The van der Waals surface area contributed by atoms with E-state index in [1.807, 2.05) is 32.0 Å². The average molecular weight is 418 g/mol. The van der Waals surface area contributed by atoms with E-state index in [-0.39, 0.29) is 12.1 Å². The van der Waals surface area contributed by atoms with Crippen LogP contribution in [0, 0.1) is 13.8 Å². The van der Waals surface area contributed by atoms with E-state index >= 15 is 0 Å². The molecular formula is C21H24ClN3O2S. The maximum absolute atomic E-state index is 12.9. The molecule has 148 valence electrons. The van der Waals surface area contributed by atoms with E-state index in [0.717, 1.165) is 39.9 Å². The maximum Gasteiger partial charge on any atom is 0.262 e. The molecular weight excluding hydrogens is 394 g/mol. The topological polar surface area (TPSA) is 58.4 Å². The van der Waals surface area contributed by atoms with Gasteiger partial charge in [0, 0.05) is 29.5 Å². The van der Waals surface area contributed by atoms with Crippen molar-refractivity contribution in [1.82, 2.24) is 14.5 Å². The summed E-state index contributed by atoms with van der Waals surface area (Å²) < 4.78 is 1.58. The van der Waals surface area contributed by atoms with Crippen molar-refractivity contribution in [2.24, 2.45) is 0 Å². The molecule has 0 spiro atoms. The van der Waals surface area contributed by atoms with Crippen molar-refractivity contribution in [3.05, 3.63) is 62.0 Å². The van der Waals surface area contributed by atoms with Crippen molar-refractivity contribution >= 4 is 33.2 Å². The van der Waals surface area contributed by atoms with Gasteiger partial charge in [-0.05, 0) is 49.9 Å². The summed E-state index contributed by atoms with van der Waals surface area (Å²) in [7, 11) is 0. The number of aliphatic hydroxyl groups is 1. The van der Waals surface area contributed by atoms with Crippen molar-refractivity contribution in [2.45, 2.75) is 45.4 Å². The molecule has 0 atom stereocenters. The van der Waals surface area contributed by atoms with Crippen molar-refractivity contribution in [3.63, 3.8) is 0 Å². The molecule has 1 saturated heterocycles. The van der Waals surface area contributed by atoms with Crippen LogP contribution in [-0.2, 0) is 13.1 Å². The lowest BCUT2D eigenvalue weighted by Crippen LogP contribution is -2.47. The van der Waals surface area contributed by atoms with Gasteiger partial charge in [-0.15, -0.1) is 11.3 Å². The van der Waals surface area contributed by atoms with E-state index in [1.165, 1.54) is 5.56 Å². The van der Waals surface area contributed by atoms with E-state index in [2.05, 4.69) is 16.0 Å². The van der Waals surface area contributed by atoms with Gasteiger partial charge in [0.2, 0.25) is 0 Å². The highest BCUT2D eigenvalue weighted by Crippen LogP contribution is 2.28. The third-order valence-corrected chi connectivity index (χ3v) is 7.05. The Kier molecular flexibility index (Phi) is 5.31. The minimum Gasteiger partial charge on any atom is -0.388 e. The summed E-state index contributed by atoms with van der Waals surface area (Å²) in [6, 6.07) is 7.88. The fraction of sp³-hybridized carbons (Fsp3) is 0.429. The van der Waals surface area contributed by atoms with Crippen LogP contribution in [-0.4, -0.2) is 38.2 Å². The predicted molar refractivity (Wildman–Crippen MR) is 114 cm³/mol. The first kappa shape index (κ1) is 19.6. The Balaban J connectivity index is 1.46. The van der Waals surface area contributed by atoms with E-state index < -0.39 is 5.60 Å². The van der Waals surface area contributed by atoms with Gasteiger partial charge in [-0.3, -0.25) is 14.3 Å². The second-order valence-electron chi connectivity index (χ2n) is 7.77. The van der Waals surface area contributed by atoms with Crippen LogP contribution in [0.25, 0.3) is 10.2 Å². The Bertz CT molecular complexity index is 1070. The summed E-state index contributed by atoms with van der Waals surface area (Å²) in [5, 5.41) is 12.5. The Hall–Kier alpha value is -1.73. The number of benzene rings is 1. The van der Waals surface area contributed by atoms with Crippen LogP contribution >= 0.6 is 22.9 Å². The number of hydrogen-bond donors (Lipinski definition) is 1. The minimum absolute atomic E-state index is 0.0540. The van der Waals surface area contributed by atoms with Gasteiger partial charge in [0.15, 0.2) is 0 Å². The Morgan fingerprint density at radius 3 is 2.75 bits per heavy atom. The summed E-state index contributed by atoms with van der Waals surface area (Å²) in [6.45, 7) is 6.64. The molecule has 0 aliphatic carbocycles. The molecule has 1 N–H and O–H groups in total. The van der Waals surface area contributed by atoms with E-state index in [9.17, 15) is 9.90 Å². The molecule has 7 heteroatoms. The van der Waals surface area contributed by atoms with E-state index in [0.29, 0.717) is 18.2 Å². The molecule has 0 saturated carbocycles. The monoisotopic (exact) mass is 417 g/mol. The summed E-state index contributed by atoms with van der Waals surface area (Å²) in [4.78, 5) is 21.6. The van der Waals surface area contributed by atoms with Crippen LogP contribution in [0.5, 0.6) is 0 Å². The SMILES string of the molecule is Cc1sc2ncn(CC3(O)CCN(Cc4cccc(Cl)c4)CC3)c(=O)c2c1C. The third kappa shape index (κ3) is 3.87. The van der Waals surface area contributed by atoms with Crippen LogP contribution in [0.4, 0.5) is 0 Å². The standard InChI is InChI=1S/C21H24ClN3O2S/c1-14-15(2)28-19-18(14)20(26)25(13-23-19)12-21(27)6-8-24(9-7-21)11-16-4-3-5-17(22)10-16/h3-5,10,13,27H,6-9,11-12H2,1-2H3. The van der Waals surface area contributed by atoms with Gasteiger partial charge in [-0.25, -0.2) is 4.98 Å². The second-order valence-corrected chi connectivity index (χ2v) is 9.41. The quantitative estimate of drug-likeness (QED) is 0.702. The number of halogens is 1. The molecule has 1 aliphatic heterocycles. The normalized spacial score (nSPS) is 17.3. The highest BCUT2D eigenvalue weighted by Gasteiger charge is 2.33. The number of rotatable bonds is 4. The Morgan fingerprint density at radius 2 is 2.04 bits per heavy atom. The molecule has 3 heterocycles. The lowest BCUT2D eigenvalue weighted by atomic mass is 9.91. The van der Waals surface area contributed by atoms with Crippen LogP contribution in [0.15, 0.2) is 35.4 Å².